The van der Waals surface area contributed by atoms with Crippen LogP contribution in [0.2, 0.25) is 0 Å². The van der Waals surface area contributed by atoms with Crippen molar-refractivity contribution in [2.75, 3.05) is 13.1 Å². The summed E-state index contributed by atoms with van der Waals surface area (Å²) in [5.41, 5.74) is -1.64. The van der Waals surface area contributed by atoms with E-state index in [0.29, 0.717) is 6.42 Å². The fourth-order valence-corrected chi connectivity index (χ4v) is 1.74. The van der Waals surface area contributed by atoms with Gasteiger partial charge in [-0.3, -0.25) is 9.69 Å². The molecule has 0 saturated carbocycles. The molecule has 0 aliphatic carbocycles. The molecule has 1 aliphatic rings. The van der Waals surface area contributed by atoms with E-state index in [1.807, 2.05) is 6.07 Å². The lowest BCUT2D eigenvalue weighted by molar-refractivity contribution is -0.122. The second-order valence-electron chi connectivity index (χ2n) is 5.31. The van der Waals surface area contributed by atoms with Gasteiger partial charge in [0.1, 0.15) is 11.0 Å². The first-order chi connectivity index (χ1) is 7.74. The van der Waals surface area contributed by atoms with Crippen LogP contribution in [-0.2, 0) is 9.53 Å². The normalized spacial score (nSPS) is 24.6. The van der Waals surface area contributed by atoms with Gasteiger partial charge in [0.15, 0.2) is 5.78 Å². The van der Waals surface area contributed by atoms with E-state index in [-0.39, 0.29) is 18.9 Å². The van der Waals surface area contributed by atoms with Crippen molar-refractivity contribution in [2.45, 2.75) is 39.7 Å². The smallest absolute Gasteiger partial charge is 0.410 e. The predicted molar refractivity (Wildman–Crippen MR) is 61.2 cm³/mol. The van der Waals surface area contributed by atoms with Crippen molar-refractivity contribution in [2.24, 2.45) is 5.41 Å². The van der Waals surface area contributed by atoms with Crippen LogP contribution in [0.5, 0.6) is 0 Å². The Morgan fingerprint density at radius 1 is 1.59 bits per heavy atom. The fourth-order valence-electron chi connectivity index (χ4n) is 1.74. The molecule has 0 aromatic rings. The molecule has 0 N–H and O–H groups in total. The second-order valence-corrected chi connectivity index (χ2v) is 5.31. The molecule has 1 rings (SSSR count). The summed E-state index contributed by atoms with van der Waals surface area (Å²) in [6.45, 7) is 7.17. The van der Waals surface area contributed by atoms with Gasteiger partial charge in [0.2, 0.25) is 0 Å². The monoisotopic (exact) mass is 238 g/mol. The summed E-state index contributed by atoms with van der Waals surface area (Å²) >= 11 is 0. The van der Waals surface area contributed by atoms with Crippen LogP contribution in [0.15, 0.2) is 0 Å². The Labute approximate surface area is 101 Å². The van der Waals surface area contributed by atoms with Crippen molar-refractivity contribution < 1.29 is 14.3 Å². The van der Waals surface area contributed by atoms with Gasteiger partial charge >= 0.3 is 6.09 Å². The van der Waals surface area contributed by atoms with Crippen LogP contribution in [0.4, 0.5) is 4.79 Å². The summed E-state index contributed by atoms with van der Waals surface area (Å²) in [4.78, 5) is 24.8. The summed E-state index contributed by atoms with van der Waals surface area (Å²) in [6.07, 6.45) is -0.113. The molecular weight excluding hydrogens is 220 g/mol. The van der Waals surface area contributed by atoms with Gasteiger partial charge in [-0.25, -0.2) is 4.79 Å². The Morgan fingerprint density at radius 3 is 2.53 bits per heavy atom. The number of carbonyl (C=O) groups excluding carboxylic acids is 2. The lowest BCUT2D eigenvalue weighted by Crippen LogP contribution is -2.36. The van der Waals surface area contributed by atoms with Gasteiger partial charge in [0, 0.05) is 0 Å². The molecule has 0 aromatic heterocycles. The molecule has 1 heterocycles. The standard InChI is InChI=1S/C12H18N2O3/c1-5-12(7-13)8-14(6-9(12)15)10(16)17-11(2,3)4/h5-6,8H2,1-4H3. The van der Waals surface area contributed by atoms with Crippen molar-refractivity contribution in [1.29, 1.82) is 5.26 Å². The molecule has 1 atom stereocenters. The van der Waals surface area contributed by atoms with Gasteiger partial charge < -0.3 is 4.74 Å². The summed E-state index contributed by atoms with van der Waals surface area (Å²) in [7, 11) is 0. The van der Waals surface area contributed by atoms with E-state index in [1.54, 1.807) is 27.7 Å². The molecule has 0 bridgehead atoms. The largest absolute Gasteiger partial charge is 0.444 e. The Morgan fingerprint density at radius 2 is 2.18 bits per heavy atom. The van der Waals surface area contributed by atoms with Gasteiger partial charge in [-0.2, -0.15) is 5.26 Å². The van der Waals surface area contributed by atoms with E-state index < -0.39 is 17.1 Å². The molecule has 0 radical (unpaired) electrons. The minimum Gasteiger partial charge on any atom is -0.444 e. The van der Waals surface area contributed by atoms with Crippen molar-refractivity contribution in [1.82, 2.24) is 4.90 Å². The van der Waals surface area contributed by atoms with E-state index in [4.69, 9.17) is 10.00 Å². The van der Waals surface area contributed by atoms with Crippen LogP contribution in [-0.4, -0.2) is 35.5 Å². The minimum atomic E-state index is -1.04. The third-order valence-electron chi connectivity index (χ3n) is 2.80. The van der Waals surface area contributed by atoms with E-state index in [1.165, 1.54) is 4.90 Å². The van der Waals surface area contributed by atoms with E-state index in [9.17, 15) is 9.59 Å². The summed E-state index contributed by atoms with van der Waals surface area (Å²) < 4.78 is 5.18. The molecule has 0 spiro atoms. The van der Waals surface area contributed by atoms with E-state index in [2.05, 4.69) is 0 Å². The van der Waals surface area contributed by atoms with Crippen molar-refractivity contribution in [3.05, 3.63) is 0 Å². The maximum atomic E-state index is 11.8. The number of nitrogens with zero attached hydrogens (tertiary/aromatic N) is 2. The third kappa shape index (κ3) is 2.76. The SMILES string of the molecule is CCC1(C#N)CN(C(=O)OC(C)(C)C)CC1=O. The summed E-state index contributed by atoms with van der Waals surface area (Å²) in [6, 6.07) is 2.03. The Bertz CT molecular complexity index is 378. The molecule has 0 aromatic carbocycles. The molecule has 1 aliphatic heterocycles. The number of Topliss-reactive ketones (excluding diaryl/α,β-unsaturated/α-hetero) is 1. The highest BCUT2D eigenvalue weighted by molar-refractivity contribution is 5.94. The van der Waals surface area contributed by atoms with Gasteiger partial charge in [0.05, 0.1) is 19.2 Å². The number of hydrogen-bond acceptors (Lipinski definition) is 4. The lowest BCUT2D eigenvalue weighted by Gasteiger charge is -2.24. The first-order valence-corrected chi connectivity index (χ1v) is 5.66. The third-order valence-corrected chi connectivity index (χ3v) is 2.80. The number of ether oxygens (including phenoxy) is 1. The van der Waals surface area contributed by atoms with Gasteiger partial charge in [0.25, 0.3) is 0 Å². The molecule has 1 unspecified atom stereocenters. The number of amides is 1. The van der Waals surface area contributed by atoms with Crippen molar-refractivity contribution in [3.63, 3.8) is 0 Å². The Hall–Kier alpha value is -1.57. The molecular formula is C12H18N2O3. The average Bonchev–Trinajstić information content (AvgIpc) is 2.54. The maximum Gasteiger partial charge on any atom is 0.410 e. The van der Waals surface area contributed by atoms with Crippen LogP contribution in [0.25, 0.3) is 0 Å². The van der Waals surface area contributed by atoms with Crippen molar-refractivity contribution in [3.8, 4) is 6.07 Å². The molecule has 17 heavy (non-hydrogen) atoms. The first kappa shape index (κ1) is 13.5. The molecule has 1 fully saturated rings. The van der Waals surface area contributed by atoms with E-state index in [0.717, 1.165) is 0 Å². The molecule has 5 heteroatoms. The van der Waals surface area contributed by atoms with Crippen LogP contribution in [0.1, 0.15) is 34.1 Å². The summed E-state index contributed by atoms with van der Waals surface area (Å²) in [5, 5.41) is 9.07. The zero-order chi connectivity index (χ0) is 13.3. The Balaban J connectivity index is 2.77. The Kier molecular flexibility index (Phi) is 3.46. The van der Waals surface area contributed by atoms with Gasteiger partial charge in [-0.15, -0.1) is 0 Å². The highest BCUT2D eigenvalue weighted by Gasteiger charge is 2.47. The van der Waals surface area contributed by atoms with Crippen LogP contribution < -0.4 is 0 Å². The highest BCUT2D eigenvalue weighted by atomic mass is 16.6. The zero-order valence-corrected chi connectivity index (χ0v) is 10.7. The lowest BCUT2D eigenvalue weighted by atomic mass is 9.85. The number of likely N-dealkylation sites (tertiary alicyclic amines) is 1. The number of carbonyl (C=O) groups is 2. The average molecular weight is 238 g/mol. The number of hydrogen-bond donors (Lipinski definition) is 0. The molecule has 5 nitrogen and oxygen atoms in total. The zero-order valence-electron chi connectivity index (χ0n) is 10.7. The number of ketones is 1. The maximum absolute atomic E-state index is 11.8. The predicted octanol–water partition coefficient (Wildman–Crippen LogP) is 1.73. The molecule has 94 valence electrons. The van der Waals surface area contributed by atoms with Crippen LogP contribution in [0, 0.1) is 16.7 Å². The molecule has 1 amide bonds. The topological polar surface area (TPSA) is 70.4 Å². The van der Waals surface area contributed by atoms with E-state index >= 15 is 0 Å². The van der Waals surface area contributed by atoms with Crippen LogP contribution in [0.3, 0.4) is 0 Å². The molecule has 1 saturated heterocycles. The van der Waals surface area contributed by atoms with Crippen molar-refractivity contribution >= 4 is 11.9 Å². The summed E-state index contributed by atoms with van der Waals surface area (Å²) in [5.74, 6) is -0.201. The quantitative estimate of drug-likeness (QED) is 0.697. The second kappa shape index (κ2) is 4.36. The van der Waals surface area contributed by atoms with Gasteiger partial charge in [-0.1, -0.05) is 6.92 Å². The highest BCUT2D eigenvalue weighted by Crippen LogP contribution is 2.30. The van der Waals surface area contributed by atoms with Gasteiger partial charge in [-0.05, 0) is 27.2 Å². The van der Waals surface area contributed by atoms with Crippen LogP contribution >= 0.6 is 0 Å². The minimum absolute atomic E-state index is 0.0314. The number of nitriles is 1. The first-order valence-electron chi connectivity index (χ1n) is 5.66. The fraction of sp³-hybridized carbons (Fsp3) is 0.750. The number of rotatable bonds is 1.